The fraction of sp³-hybridized carbons (Fsp3) is 0.375. The van der Waals surface area contributed by atoms with E-state index in [0.717, 1.165) is 24.2 Å². The monoisotopic (exact) mass is 302 g/mol. The Kier molecular flexibility index (Phi) is 4.00. The Morgan fingerprint density at radius 2 is 2.00 bits per heavy atom. The van der Waals surface area contributed by atoms with Crippen molar-refractivity contribution in [1.29, 1.82) is 0 Å². The van der Waals surface area contributed by atoms with E-state index in [2.05, 4.69) is 5.10 Å². The van der Waals surface area contributed by atoms with Crippen LogP contribution < -0.4 is 9.47 Å². The second-order valence-corrected chi connectivity index (χ2v) is 5.18. The van der Waals surface area contributed by atoms with Gasteiger partial charge in [-0.15, -0.1) is 5.10 Å². The predicted molar refractivity (Wildman–Crippen MR) is 79.3 cm³/mol. The molecule has 0 bridgehead atoms. The molecule has 0 radical (unpaired) electrons. The molecule has 1 aliphatic rings. The molecule has 22 heavy (non-hydrogen) atoms. The first-order chi connectivity index (χ1) is 10.7. The van der Waals surface area contributed by atoms with Crippen molar-refractivity contribution >= 4 is 5.97 Å². The van der Waals surface area contributed by atoms with Crippen LogP contribution in [0.25, 0.3) is 0 Å². The minimum atomic E-state index is -0.424. The highest BCUT2D eigenvalue weighted by Crippen LogP contribution is 2.26. The van der Waals surface area contributed by atoms with Gasteiger partial charge in [0.05, 0.1) is 20.8 Å². The Labute approximate surface area is 128 Å². The molecule has 0 atom stereocenters. The van der Waals surface area contributed by atoms with E-state index >= 15 is 0 Å². The van der Waals surface area contributed by atoms with Gasteiger partial charge in [-0.2, -0.15) is 0 Å². The Balaban J connectivity index is 1.82. The molecule has 1 fully saturated rings. The van der Waals surface area contributed by atoms with E-state index in [9.17, 15) is 4.79 Å². The van der Waals surface area contributed by atoms with Crippen molar-refractivity contribution in [1.82, 2.24) is 9.78 Å². The quantitative estimate of drug-likeness (QED) is 0.766. The number of benzene rings is 1. The number of hydrogen-bond acceptors (Lipinski definition) is 5. The molecule has 1 heterocycles. The molecule has 1 aliphatic carbocycles. The molecule has 1 aromatic heterocycles. The topological polar surface area (TPSA) is 62.6 Å². The summed E-state index contributed by atoms with van der Waals surface area (Å²) in [6.45, 7) is 0.461. The van der Waals surface area contributed by atoms with Crippen LogP contribution >= 0.6 is 0 Å². The Hall–Kier alpha value is -2.50. The Morgan fingerprint density at radius 3 is 2.59 bits per heavy atom. The summed E-state index contributed by atoms with van der Waals surface area (Å²) in [7, 11) is 2.98. The normalized spacial score (nSPS) is 13.7. The van der Waals surface area contributed by atoms with E-state index in [1.165, 1.54) is 7.11 Å². The maximum Gasteiger partial charge on any atom is 0.356 e. The lowest BCUT2D eigenvalue weighted by atomic mass is 10.2. The van der Waals surface area contributed by atoms with Crippen LogP contribution in [-0.4, -0.2) is 36.1 Å². The van der Waals surface area contributed by atoms with Gasteiger partial charge in [-0.3, -0.25) is 0 Å². The standard InChI is InChI=1S/C16H18N2O4/c1-20-12-5-3-11(4-6-12)10-18-14(16(19)21-2)9-15(17-18)22-13-7-8-13/h3-6,9,13H,7-8,10H2,1-2H3. The van der Waals surface area contributed by atoms with Gasteiger partial charge in [0, 0.05) is 6.07 Å². The van der Waals surface area contributed by atoms with E-state index < -0.39 is 5.97 Å². The Bertz CT molecular complexity index is 659. The third-order valence-electron chi connectivity index (χ3n) is 3.46. The van der Waals surface area contributed by atoms with Crippen molar-refractivity contribution in [2.45, 2.75) is 25.5 Å². The third kappa shape index (κ3) is 3.21. The number of nitrogens with zero attached hydrogens (tertiary/aromatic N) is 2. The van der Waals surface area contributed by atoms with Crippen molar-refractivity contribution < 1.29 is 19.0 Å². The number of rotatable bonds is 6. The minimum Gasteiger partial charge on any atom is -0.497 e. The van der Waals surface area contributed by atoms with Gasteiger partial charge in [-0.05, 0) is 30.5 Å². The summed E-state index contributed by atoms with van der Waals surface area (Å²) in [4.78, 5) is 11.9. The molecular weight excluding hydrogens is 284 g/mol. The van der Waals surface area contributed by atoms with Crippen molar-refractivity contribution in [3.8, 4) is 11.6 Å². The molecule has 6 heteroatoms. The smallest absolute Gasteiger partial charge is 0.356 e. The SMILES string of the molecule is COC(=O)c1cc(OC2CC2)nn1Cc1ccc(OC)cc1. The highest BCUT2D eigenvalue weighted by Gasteiger charge is 2.26. The summed E-state index contributed by atoms with van der Waals surface area (Å²) in [5.41, 5.74) is 1.39. The molecule has 3 rings (SSSR count). The maximum atomic E-state index is 11.9. The molecule has 0 amide bonds. The zero-order valence-corrected chi connectivity index (χ0v) is 12.6. The molecule has 116 valence electrons. The highest BCUT2D eigenvalue weighted by molar-refractivity contribution is 5.87. The van der Waals surface area contributed by atoms with Crippen LogP contribution in [-0.2, 0) is 11.3 Å². The van der Waals surface area contributed by atoms with E-state index in [-0.39, 0.29) is 6.10 Å². The first-order valence-electron chi connectivity index (χ1n) is 7.15. The van der Waals surface area contributed by atoms with Gasteiger partial charge in [0.1, 0.15) is 11.9 Å². The van der Waals surface area contributed by atoms with Crippen LogP contribution in [0.4, 0.5) is 0 Å². The maximum absolute atomic E-state index is 11.9. The van der Waals surface area contributed by atoms with E-state index in [4.69, 9.17) is 14.2 Å². The van der Waals surface area contributed by atoms with Gasteiger partial charge in [-0.1, -0.05) is 12.1 Å². The molecule has 0 unspecified atom stereocenters. The zero-order valence-electron chi connectivity index (χ0n) is 12.6. The number of esters is 1. The van der Waals surface area contributed by atoms with Crippen LogP contribution in [0.15, 0.2) is 30.3 Å². The lowest BCUT2D eigenvalue weighted by Crippen LogP contribution is -2.12. The van der Waals surface area contributed by atoms with Crippen molar-refractivity contribution in [3.63, 3.8) is 0 Å². The lowest BCUT2D eigenvalue weighted by Gasteiger charge is -2.07. The van der Waals surface area contributed by atoms with Crippen molar-refractivity contribution in [2.75, 3.05) is 14.2 Å². The van der Waals surface area contributed by atoms with Crippen LogP contribution in [0.3, 0.4) is 0 Å². The molecule has 6 nitrogen and oxygen atoms in total. The van der Waals surface area contributed by atoms with Gasteiger partial charge < -0.3 is 14.2 Å². The first kappa shape index (κ1) is 14.4. The van der Waals surface area contributed by atoms with Crippen molar-refractivity contribution in [3.05, 3.63) is 41.6 Å². The summed E-state index contributed by atoms with van der Waals surface area (Å²) in [6.07, 6.45) is 2.31. The average Bonchev–Trinajstić information content (AvgIpc) is 3.27. The van der Waals surface area contributed by atoms with Gasteiger partial charge in [-0.25, -0.2) is 9.48 Å². The lowest BCUT2D eigenvalue weighted by molar-refractivity contribution is 0.0587. The Morgan fingerprint density at radius 1 is 1.27 bits per heavy atom. The number of aromatic nitrogens is 2. The van der Waals surface area contributed by atoms with Crippen LogP contribution in [0.1, 0.15) is 28.9 Å². The largest absolute Gasteiger partial charge is 0.497 e. The van der Waals surface area contributed by atoms with Gasteiger partial charge >= 0.3 is 5.97 Å². The molecule has 0 aliphatic heterocycles. The summed E-state index contributed by atoms with van der Waals surface area (Å²) in [5, 5.41) is 4.36. The predicted octanol–water partition coefficient (Wildman–Crippen LogP) is 2.27. The summed E-state index contributed by atoms with van der Waals surface area (Å²) in [6, 6.07) is 9.25. The zero-order chi connectivity index (χ0) is 15.5. The van der Waals surface area contributed by atoms with Crippen molar-refractivity contribution in [2.24, 2.45) is 0 Å². The summed E-state index contributed by atoms with van der Waals surface area (Å²) >= 11 is 0. The van der Waals surface area contributed by atoms with E-state index in [1.54, 1.807) is 17.9 Å². The van der Waals surface area contributed by atoms with Crippen LogP contribution in [0, 0.1) is 0 Å². The second-order valence-electron chi connectivity index (χ2n) is 5.18. The number of hydrogen-bond donors (Lipinski definition) is 0. The molecule has 0 N–H and O–H groups in total. The minimum absolute atomic E-state index is 0.231. The number of carbonyl (C=O) groups is 1. The van der Waals surface area contributed by atoms with Gasteiger partial charge in [0.2, 0.25) is 5.88 Å². The molecule has 2 aromatic rings. The summed E-state index contributed by atoms with van der Waals surface area (Å²) in [5.74, 6) is 0.832. The molecule has 1 saturated carbocycles. The molecule has 0 saturated heterocycles. The number of methoxy groups -OCH3 is 2. The third-order valence-corrected chi connectivity index (χ3v) is 3.46. The highest BCUT2D eigenvalue weighted by atomic mass is 16.5. The molecule has 1 aromatic carbocycles. The average molecular weight is 302 g/mol. The van der Waals surface area contributed by atoms with Crippen LogP contribution in [0.2, 0.25) is 0 Å². The second kappa shape index (κ2) is 6.09. The summed E-state index contributed by atoms with van der Waals surface area (Å²) < 4.78 is 17.2. The van der Waals surface area contributed by atoms with Gasteiger partial charge in [0.15, 0.2) is 5.69 Å². The molecule has 0 spiro atoms. The fourth-order valence-electron chi connectivity index (χ4n) is 2.10. The van der Waals surface area contributed by atoms with Crippen LogP contribution in [0.5, 0.6) is 11.6 Å². The van der Waals surface area contributed by atoms with Gasteiger partial charge in [0.25, 0.3) is 0 Å². The number of carbonyl (C=O) groups excluding carboxylic acids is 1. The van der Waals surface area contributed by atoms with E-state index in [0.29, 0.717) is 18.1 Å². The number of ether oxygens (including phenoxy) is 3. The fourth-order valence-corrected chi connectivity index (χ4v) is 2.10. The molecular formula is C16H18N2O4. The first-order valence-corrected chi connectivity index (χ1v) is 7.15. The van der Waals surface area contributed by atoms with E-state index in [1.807, 2.05) is 24.3 Å².